The Morgan fingerprint density at radius 2 is 1.64 bits per heavy atom. The lowest BCUT2D eigenvalue weighted by Gasteiger charge is -2.21. The van der Waals surface area contributed by atoms with Crippen LogP contribution < -0.4 is 5.32 Å². The lowest BCUT2D eigenvalue weighted by Crippen LogP contribution is -2.38. The first-order valence-electron chi connectivity index (χ1n) is 7.87. The number of aryl methyl sites for hydroxylation is 2. The Kier molecular flexibility index (Phi) is 6.37. The number of hydrogen-bond donors (Lipinski definition) is 1. The van der Waals surface area contributed by atoms with Crippen molar-refractivity contribution < 1.29 is 13.2 Å². The molecular weight excluding hydrogens is 404 g/mol. The second-order valence-electron chi connectivity index (χ2n) is 5.70. The molecule has 0 heterocycles. The van der Waals surface area contributed by atoms with Gasteiger partial charge in [-0.3, -0.25) is 4.79 Å². The molecule has 134 valence electrons. The minimum absolute atomic E-state index is 0.164. The van der Waals surface area contributed by atoms with E-state index in [9.17, 15) is 13.2 Å². The number of rotatable bonds is 6. The average Bonchev–Trinajstić information content (AvgIpc) is 2.56. The van der Waals surface area contributed by atoms with Crippen LogP contribution in [-0.2, 0) is 14.8 Å². The minimum Gasteiger partial charge on any atom is -0.324 e. The molecule has 5 nitrogen and oxygen atoms in total. The van der Waals surface area contributed by atoms with Crippen molar-refractivity contribution in [3.05, 3.63) is 58.1 Å². The maximum atomic E-state index is 12.7. The number of para-hydroxylation sites is 1. The number of carbonyl (C=O) groups excluding carboxylic acids is 1. The van der Waals surface area contributed by atoms with Gasteiger partial charge in [0.15, 0.2) is 0 Å². The summed E-state index contributed by atoms with van der Waals surface area (Å²) in [6.07, 6.45) is 0. The number of amides is 1. The molecule has 0 fully saturated rings. The Bertz CT molecular complexity index is 844. The molecule has 0 saturated heterocycles. The third-order valence-corrected chi connectivity index (χ3v) is 6.33. The number of hydrogen-bond acceptors (Lipinski definition) is 3. The van der Waals surface area contributed by atoms with E-state index < -0.39 is 10.0 Å². The first-order chi connectivity index (χ1) is 11.8. The van der Waals surface area contributed by atoms with Crippen LogP contribution in [-0.4, -0.2) is 31.7 Å². The van der Waals surface area contributed by atoms with Crippen molar-refractivity contribution in [2.75, 3.05) is 18.4 Å². The Balaban J connectivity index is 2.18. The van der Waals surface area contributed by atoms with Crippen molar-refractivity contribution in [2.45, 2.75) is 25.7 Å². The van der Waals surface area contributed by atoms with Crippen LogP contribution in [0.1, 0.15) is 18.1 Å². The van der Waals surface area contributed by atoms with Crippen LogP contribution in [0.25, 0.3) is 0 Å². The fraction of sp³-hybridized carbons (Fsp3) is 0.278. The summed E-state index contributed by atoms with van der Waals surface area (Å²) in [6.45, 7) is 5.49. The molecule has 25 heavy (non-hydrogen) atoms. The van der Waals surface area contributed by atoms with Gasteiger partial charge in [0, 0.05) is 16.7 Å². The highest BCUT2D eigenvalue weighted by Crippen LogP contribution is 2.21. The van der Waals surface area contributed by atoms with Gasteiger partial charge < -0.3 is 5.32 Å². The fourth-order valence-corrected chi connectivity index (χ4v) is 4.14. The monoisotopic (exact) mass is 424 g/mol. The Labute approximate surface area is 157 Å². The molecule has 2 rings (SSSR count). The number of nitrogens with zero attached hydrogens (tertiary/aromatic N) is 1. The van der Waals surface area contributed by atoms with Gasteiger partial charge in [0.25, 0.3) is 0 Å². The summed E-state index contributed by atoms with van der Waals surface area (Å²) in [6, 6.07) is 12.1. The summed E-state index contributed by atoms with van der Waals surface area (Å²) >= 11 is 3.28. The molecule has 1 amide bonds. The first kappa shape index (κ1) is 19.6. The van der Waals surface area contributed by atoms with Crippen molar-refractivity contribution in [3.8, 4) is 0 Å². The molecule has 0 saturated carbocycles. The van der Waals surface area contributed by atoms with Crippen molar-refractivity contribution in [2.24, 2.45) is 0 Å². The van der Waals surface area contributed by atoms with E-state index in [0.29, 0.717) is 0 Å². The van der Waals surface area contributed by atoms with E-state index in [2.05, 4.69) is 21.2 Å². The largest absolute Gasteiger partial charge is 0.324 e. The zero-order valence-corrected chi connectivity index (χ0v) is 16.8. The van der Waals surface area contributed by atoms with Crippen LogP contribution in [0.15, 0.2) is 51.8 Å². The van der Waals surface area contributed by atoms with E-state index in [4.69, 9.17) is 0 Å². The molecular formula is C18H21BrN2O3S. The maximum Gasteiger partial charge on any atom is 0.243 e. The molecule has 0 atom stereocenters. The smallest absolute Gasteiger partial charge is 0.243 e. The number of anilines is 1. The van der Waals surface area contributed by atoms with Crippen molar-refractivity contribution >= 4 is 37.5 Å². The molecule has 0 aliphatic heterocycles. The molecule has 2 aromatic carbocycles. The van der Waals surface area contributed by atoms with E-state index in [1.165, 1.54) is 16.4 Å². The third kappa shape index (κ3) is 4.68. The number of likely N-dealkylation sites (N-methyl/N-ethyl adjacent to an activating group) is 1. The van der Waals surface area contributed by atoms with E-state index in [1.54, 1.807) is 19.1 Å². The summed E-state index contributed by atoms with van der Waals surface area (Å²) in [4.78, 5) is 12.6. The SMILES string of the molecule is CCN(CC(=O)Nc1c(C)cccc1C)S(=O)(=O)c1ccc(Br)cc1. The first-order valence-corrected chi connectivity index (χ1v) is 10.1. The van der Waals surface area contributed by atoms with Crippen LogP contribution in [0, 0.1) is 13.8 Å². The highest BCUT2D eigenvalue weighted by atomic mass is 79.9. The van der Waals surface area contributed by atoms with Crippen LogP contribution in [0.4, 0.5) is 5.69 Å². The normalized spacial score (nSPS) is 11.6. The predicted octanol–water partition coefficient (Wildman–Crippen LogP) is 3.72. The van der Waals surface area contributed by atoms with Gasteiger partial charge in [-0.05, 0) is 49.2 Å². The van der Waals surface area contributed by atoms with Gasteiger partial charge in [-0.15, -0.1) is 0 Å². The van der Waals surface area contributed by atoms with Crippen LogP contribution in [0.2, 0.25) is 0 Å². The van der Waals surface area contributed by atoms with Gasteiger partial charge in [-0.1, -0.05) is 41.1 Å². The Morgan fingerprint density at radius 3 is 2.16 bits per heavy atom. The highest BCUT2D eigenvalue weighted by molar-refractivity contribution is 9.10. The summed E-state index contributed by atoms with van der Waals surface area (Å²) in [5.41, 5.74) is 2.60. The van der Waals surface area contributed by atoms with Gasteiger partial charge in [0.1, 0.15) is 0 Å². The topological polar surface area (TPSA) is 66.5 Å². The summed E-state index contributed by atoms with van der Waals surface area (Å²) in [5.74, 6) is -0.361. The van der Waals surface area contributed by atoms with Crippen molar-refractivity contribution in [1.82, 2.24) is 4.31 Å². The fourth-order valence-electron chi connectivity index (χ4n) is 2.47. The average molecular weight is 425 g/mol. The predicted molar refractivity (Wildman–Crippen MR) is 103 cm³/mol. The minimum atomic E-state index is -3.72. The molecule has 0 unspecified atom stereocenters. The quantitative estimate of drug-likeness (QED) is 0.767. The Hall–Kier alpha value is -1.70. The molecule has 0 aromatic heterocycles. The third-order valence-electron chi connectivity index (χ3n) is 3.87. The number of nitrogens with one attached hydrogen (secondary N) is 1. The summed E-state index contributed by atoms with van der Waals surface area (Å²) in [5, 5.41) is 2.82. The molecule has 7 heteroatoms. The Morgan fingerprint density at radius 1 is 1.08 bits per heavy atom. The molecule has 0 aliphatic carbocycles. The van der Waals surface area contributed by atoms with Gasteiger partial charge in [-0.2, -0.15) is 4.31 Å². The van der Waals surface area contributed by atoms with E-state index in [-0.39, 0.29) is 23.9 Å². The van der Waals surface area contributed by atoms with Gasteiger partial charge in [0.2, 0.25) is 15.9 Å². The van der Waals surface area contributed by atoms with Crippen LogP contribution >= 0.6 is 15.9 Å². The van der Waals surface area contributed by atoms with E-state index in [1.807, 2.05) is 32.0 Å². The number of halogens is 1. The van der Waals surface area contributed by atoms with Gasteiger partial charge >= 0.3 is 0 Å². The van der Waals surface area contributed by atoms with Crippen molar-refractivity contribution in [3.63, 3.8) is 0 Å². The molecule has 0 spiro atoms. The summed E-state index contributed by atoms with van der Waals surface area (Å²) < 4.78 is 27.4. The number of carbonyl (C=O) groups is 1. The lowest BCUT2D eigenvalue weighted by atomic mass is 10.1. The van der Waals surface area contributed by atoms with E-state index >= 15 is 0 Å². The van der Waals surface area contributed by atoms with Gasteiger partial charge in [-0.25, -0.2) is 8.42 Å². The van der Waals surface area contributed by atoms with Crippen LogP contribution in [0.3, 0.4) is 0 Å². The second kappa shape index (κ2) is 8.12. The zero-order valence-electron chi connectivity index (χ0n) is 14.4. The zero-order chi connectivity index (χ0) is 18.6. The van der Waals surface area contributed by atoms with Crippen molar-refractivity contribution in [1.29, 1.82) is 0 Å². The maximum absolute atomic E-state index is 12.7. The van der Waals surface area contributed by atoms with E-state index in [0.717, 1.165) is 21.3 Å². The number of sulfonamides is 1. The molecule has 0 aliphatic rings. The molecule has 0 radical (unpaired) electrons. The highest BCUT2D eigenvalue weighted by Gasteiger charge is 2.25. The molecule has 2 aromatic rings. The molecule has 1 N–H and O–H groups in total. The standard InChI is InChI=1S/C18H21BrN2O3S/c1-4-21(25(23,24)16-10-8-15(19)9-11-16)12-17(22)20-18-13(2)6-5-7-14(18)3/h5-11H,4,12H2,1-3H3,(H,20,22). The lowest BCUT2D eigenvalue weighted by molar-refractivity contribution is -0.116. The molecule has 0 bridgehead atoms. The van der Waals surface area contributed by atoms with Gasteiger partial charge in [0.05, 0.1) is 11.4 Å². The van der Waals surface area contributed by atoms with Crippen LogP contribution in [0.5, 0.6) is 0 Å². The number of benzene rings is 2. The summed E-state index contributed by atoms with van der Waals surface area (Å²) in [7, 11) is -3.72. The second-order valence-corrected chi connectivity index (χ2v) is 8.55.